The molecule has 3 amide bonds. The Kier molecular flexibility index (Phi) is 4.39. The van der Waals surface area contributed by atoms with Crippen molar-refractivity contribution in [3.63, 3.8) is 0 Å². The summed E-state index contributed by atoms with van der Waals surface area (Å²) in [5.74, 6) is -1.23. The molecule has 1 aliphatic rings. The van der Waals surface area contributed by atoms with Gasteiger partial charge >= 0.3 is 12.0 Å². The summed E-state index contributed by atoms with van der Waals surface area (Å²) in [6.07, 6.45) is 0. The van der Waals surface area contributed by atoms with Gasteiger partial charge in [-0.25, -0.2) is 9.59 Å². The Balaban J connectivity index is 2.68. The van der Waals surface area contributed by atoms with Crippen molar-refractivity contribution in [1.29, 1.82) is 0 Å². The van der Waals surface area contributed by atoms with E-state index in [1.807, 2.05) is 0 Å². The van der Waals surface area contributed by atoms with E-state index in [0.29, 0.717) is 13.1 Å². The molecule has 1 saturated heterocycles. The molecule has 2 N–H and O–H groups in total. The van der Waals surface area contributed by atoms with Crippen LogP contribution in [-0.4, -0.2) is 65.5 Å². The van der Waals surface area contributed by atoms with Gasteiger partial charge in [0.15, 0.2) is 0 Å². The number of likely N-dealkylation sites (N-methyl/N-ethyl adjacent to an activating group) is 1. The Labute approximate surface area is 112 Å². The van der Waals surface area contributed by atoms with Crippen molar-refractivity contribution in [2.45, 2.75) is 26.8 Å². The summed E-state index contributed by atoms with van der Waals surface area (Å²) in [6, 6.07) is -1.50. The van der Waals surface area contributed by atoms with Crippen molar-refractivity contribution in [1.82, 2.24) is 15.1 Å². The molecule has 1 fully saturated rings. The van der Waals surface area contributed by atoms with Gasteiger partial charge in [0, 0.05) is 20.1 Å². The van der Waals surface area contributed by atoms with E-state index in [4.69, 9.17) is 5.11 Å². The second-order valence-corrected chi connectivity index (χ2v) is 5.82. The van der Waals surface area contributed by atoms with Gasteiger partial charge in [-0.2, -0.15) is 0 Å². The third-order valence-electron chi connectivity index (χ3n) is 3.13. The molecule has 1 aliphatic heterocycles. The first kappa shape index (κ1) is 15.3. The van der Waals surface area contributed by atoms with Crippen LogP contribution in [0.5, 0.6) is 0 Å². The standard InChI is InChI=1S/C12H21N3O4/c1-12(2,3)9(10(17)18)13-11(19)15-6-5-14(4)8(16)7-15/h9H,5-7H2,1-4H3,(H,13,19)(H,17,18)/t9-/m1/s1. The molecule has 0 aromatic carbocycles. The van der Waals surface area contributed by atoms with Crippen molar-refractivity contribution in [2.75, 3.05) is 26.7 Å². The molecule has 1 rings (SSSR count). The van der Waals surface area contributed by atoms with Crippen LogP contribution in [0.2, 0.25) is 0 Å². The maximum Gasteiger partial charge on any atom is 0.326 e. The van der Waals surface area contributed by atoms with Crippen molar-refractivity contribution >= 4 is 17.9 Å². The zero-order valence-electron chi connectivity index (χ0n) is 11.8. The first-order valence-electron chi connectivity index (χ1n) is 6.15. The van der Waals surface area contributed by atoms with Crippen LogP contribution in [0.15, 0.2) is 0 Å². The van der Waals surface area contributed by atoms with Crippen molar-refractivity contribution in [3.8, 4) is 0 Å². The summed E-state index contributed by atoms with van der Waals surface area (Å²) in [5.41, 5.74) is -0.599. The van der Waals surface area contributed by atoms with E-state index in [0.717, 1.165) is 0 Å². The van der Waals surface area contributed by atoms with Gasteiger partial charge < -0.3 is 20.2 Å². The third-order valence-corrected chi connectivity index (χ3v) is 3.13. The normalized spacial score (nSPS) is 18.2. The van der Waals surface area contributed by atoms with E-state index in [-0.39, 0.29) is 12.5 Å². The summed E-state index contributed by atoms with van der Waals surface area (Å²) in [6.45, 7) is 6.06. The molecule has 0 bridgehead atoms. The van der Waals surface area contributed by atoms with Crippen LogP contribution in [-0.2, 0) is 9.59 Å². The van der Waals surface area contributed by atoms with Crippen LogP contribution >= 0.6 is 0 Å². The number of nitrogens with zero attached hydrogens (tertiary/aromatic N) is 2. The predicted molar refractivity (Wildman–Crippen MR) is 68.6 cm³/mol. The maximum atomic E-state index is 12.0. The average molecular weight is 271 g/mol. The number of hydrogen-bond donors (Lipinski definition) is 2. The lowest BCUT2D eigenvalue weighted by molar-refractivity contribution is -0.142. The summed E-state index contributed by atoms with van der Waals surface area (Å²) < 4.78 is 0. The van der Waals surface area contributed by atoms with E-state index >= 15 is 0 Å². The number of carbonyl (C=O) groups excluding carboxylic acids is 2. The van der Waals surface area contributed by atoms with Crippen molar-refractivity contribution in [3.05, 3.63) is 0 Å². The number of amides is 3. The van der Waals surface area contributed by atoms with Gasteiger partial charge in [-0.3, -0.25) is 4.79 Å². The second-order valence-electron chi connectivity index (χ2n) is 5.82. The van der Waals surface area contributed by atoms with E-state index < -0.39 is 23.5 Å². The molecule has 7 nitrogen and oxygen atoms in total. The van der Waals surface area contributed by atoms with Gasteiger partial charge in [-0.15, -0.1) is 0 Å². The lowest BCUT2D eigenvalue weighted by Crippen LogP contribution is -2.58. The van der Waals surface area contributed by atoms with Gasteiger partial charge in [0.1, 0.15) is 12.6 Å². The monoisotopic (exact) mass is 271 g/mol. The largest absolute Gasteiger partial charge is 0.480 e. The number of urea groups is 1. The fourth-order valence-corrected chi connectivity index (χ4v) is 1.80. The van der Waals surface area contributed by atoms with Gasteiger partial charge in [-0.05, 0) is 5.41 Å². The first-order chi connectivity index (χ1) is 8.62. The smallest absolute Gasteiger partial charge is 0.326 e. The molecule has 0 unspecified atom stereocenters. The molecule has 0 saturated carbocycles. The molecular formula is C12H21N3O4. The van der Waals surface area contributed by atoms with Crippen LogP contribution in [0.1, 0.15) is 20.8 Å². The van der Waals surface area contributed by atoms with E-state index in [9.17, 15) is 14.4 Å². The number of aliphatic carboxylic acids is 1. The van der Waals surface area contributed by atoms with Gasteiger partial charge in [-0.1, -0.05) is 20.8 Å². The molecule has 1 atom stereocenters. The van der Waals surface area contributed by atoms with Crippen LogP contribution in [0.3, 0.4) is 0 Å². The highest BCUT2D eigenvalue weighted by Gasteiger charge is 2.35. The maximum absolute atomic E-state index is 12.0. The van der Waals surface area contributed by atoms with Crippen LogP contribution in [0.25, 0.3) is 0 Å². The molecule has 7 heteroatoms. The molecule has 0 aliphatic carbocycles. The Morgan fingerprint density at radius 1 is 1.32 bits per heavy atom. The molecule has 0 aromatic heterocycles. The summed E-state index contributed by atoms with van der Waals surface area (Å²) in [4.78, 5) is 37.6. The number of rotatable bonds is 2. The summed E-state index contributed by atoms with van der Waals surface area (Å²) in [5, 5.41) is 11.6. The molecule has 108 valence electrons. The van der Waals surface area contributed by atoms with Gasteiger partial charge in [0.2, 0.25) is 5.91 Å². The van der Waals surface area contributed by atoms with E-state index in [1.165, 1.54) is 4.90 Å². The minimum absolute atomic E-state index is 0.0151. The second kappa shape index (κ2) is 5.46. The number of carboxylic acid groups (broad SMARTS) is 1. The number of carbonyl (C=O) groups is 3. The highest BCUT2D eigenvalue weighted by atomic mass is 16.4. The van der Waals surface area contributed by atoms with Crippen LogP contribution in [0.4, 0.5) is 4.79 Å². The van der Waals surface area contributed by atoms with Crippen molar-refractivity contribution in [2.24, 2.45) is 5.41 Å². The Bertz CT molecular complexity index is 389. The Morgan fingerprint density at radius 2 is 1.89 bits per heavy atom. The molecule has 19 heavy (non-hydrogen) atoms. The number of carboxylic acids is 1. The van der Waals surface area contributed by atoms with E-state index in [1.54, 1.807) is 32.7 Å². The minimum Gasteiger partial charge on any atom is -0.480 e. The fraction of sp³-hybridized carbons (Fsp3) is 0.750. The molecule has 0 radical (unpaired) electrons. The zero-order valence-corrected chi connectivity index (χ0v) is 11.8. The molecule has 0 spiro atoms. The highest BCUT2D eigenvalue weighted by Crippen LogP contribution is 2.19. The Hall–Kier alpha value is -1.79. The van der Waals surface area contributed by atoms with Crippen molar-refractivity contribution < 1.29 is 19.5 Å². The highest BCUT2D eigenvalue weighted by molar-refractivity contribution is 5.87. The lowest BCUT2D eigenvalue weighted by Gasteiger charge is -2.34. The Morgan fingerprint density at radius 3 is 2.32 bits per heavy atom. The lowest BCUT2D eigenvalue weighted by atomic mass is 9.87. The summed E-state index contributed by atoms with van der Waals surface area (Å²) >= 11 is 0. The molecular weight excluding hydrogens is 250 g/mol. The fourth-order valence-electron chi connectivity index (χ4n) is 1.80. The first-order valence-corrected chi connectivity index (χ1v) is 6.15. The predicted octanol–water partition coefficient (Wildman–Crippen LogP) is -0.0307. The topological polar surface area (TPSA) is 89.9 Å². The van der Waals surface area contributed by atoms with Crippen LogP contribution < -0.4 is 5.32 Å². The number of nitrogens with one attached hydrogen (secondary N) is 1. The number of piperazine rings is 1. The number of hydrogen-bond acceptors (Lipinski definition) is 3. The summed E-state index contributed by atoms with van der Waals surface area (Å²) in [7, 11) is 1.67. The van der Waals surface area contributed by atoms with Gasteiger partial charge in [0.05, 0.1) is 0 Å². The SMILES string of the molecule is CN1CCN(C(=O)N[C@H](C(=O)O)C(C)(C)C)CC1=O. The third kappa shape index (κ3) is 3.84. The molecule has 0 aromatic rings. The van der Waals surface area contributed by atoms with Crippen LogP contribution in [0, 0.1) is 5.41 Å². The van der Waals surface area contributed by atoms with Gasteiger partial charge in [0.25, 0.3) is 0 Å². The molecule has 1 heterocycles. The zero-order chi connectivity index (χ0) is 14.8. The average Bonchev–Trinajstić information content (AvgIpc) is 2.27. The minimum atomic E-state index is -1.08. The quantitative estimate of drug-likeness (QED) is 0.738. The van der Waals surface area contributed by atoms with E-state index in [2.05, 4.69) is 5.32 Å².